The van der Waals surface area contributed by atoms with Crippen LogP contribution in [0, 0.1) is 17.3 Å². The third kappa shape index (κ3) is 5.98. The van der Waals surface area contributed by atoms with Crippen molar-refractivity contribution in [2.24, 2.45) is 17.3 Å². The number of rotatable bonds is 6. The van der Waals surface area contributed by atoms with Crippen molar-refractivity contribution in [1.29, 1.82) is 0 Å². The quantitative estimate of drug-likeness (QED) is 0.492. The molecule has 3 fully saturated rings. The molecule has 0 radical (unpaired) electrons. The fourth-order valence-electron chi connectivity index (χ4n) is 5.90. The molecule has 1 heteroatoms. The first-order valence-electron chi connectivity index (χ1n) is 11.6. The highest BCUT2D eigenvalue weighted by molar-refractivity contribution is 5.22. The molecule has 0 amide bonds. The van der Waals surface area contributed by atoms with Crippen molar-refractivity contribution in [3.05, 3.63) is 23.3 Å². The smallest absolute Gasteiger partial charge is 0.0577 e. The van der Waals surface area contributed by atoms with Gasteiger partial charge in [-0.3, -0.25) is 0 Å². The van der Waals surface area contributed by atoms with Crippen LogP contribution in [0.2, 0.25) is 0 Å². The van der Waals surface area contributed by atoms with Crippen molar-refractivity contribution in [2.45, 2.75) is 116 Å². The van der Waals surface area contributed by atoms with E-state index in [9.17, 15) is 5.11 Å². The minimum atomic E-state index is -0.0858. The van der Waals surface area contributed by atoms with Crippen LogP contribution in [0.5, 0.6) is 0 Å². The van der Waals surface area contributed by atoms with Crippen LogP contribution in [0.1, 0.15) is 110 Å². The van der Waals surface area contributed by atoms with E-state index in [2.05, 4.69) is 26.0 Å². The number of allylic oxidation sites excluding steroid dienone is 3. The number of hydrogen-bond acceptors (Lipinski definition) is 1. The van der Waals surface area contributed by atoms with Crippen LogP contribution in [-0.2, 0) is 0 Å². The van der Waals surface area contributed by atoms with E-state index in [4.69, 9.17) is 0 Å². The zero-order valence-corrected chi connectivity index (χ0v) is 17.4. The third-order valence-corrected chi connectivity index (χ3v) is 7.34. The van der Waals surface area contributed by atoms with Gasteiger partial charge in [0.15, 0.2) is 0 Å². The molecule has 0 bridgehead atoms. The normalized spacial score (nSPS) is 35.8. The molecule has 3 rings (SSSR count). The Hall–Kier alpha value is -0.560. The van der Waals surface area contributed by atoms with E-state index in [-0.39, 0.29) is 6.10 Å². The molecule has 0 heterocycles. The lowest BCUT2D eigenvalue weighted by molar-refractivity contribution is 0.149. The summed E-state index contributed by atoms with van der Waals surface area (Å²) >= 11 is 0. The predicted molar refractivity (Wildman–Crippen MR) is 112 cm³/mol. The Labute approximate surface area is 162 Å². The SMILES string of the molecule is CC(C)CCCC[C@H]1CC[C@]2(CCC/C(=C\C=C3\CCC[C@H](O)C3)C2)C1. The van der Waals surface area contributed by atoms with Gasteiger partial charge in [-0.15, -0.1) is 0 Å². The molecule has 3 aliphatic rings. The van der Waals surface area contributed by atoms with Gasteiger partial charge in [0.2, 0.25) is 0 Å². The van der Waals surface area contributed by atoms with Crippen LogP contribution in [0.15, 0.2) is 23.3 Å². The van der Waals surface area contributed by atoms with Crippen LogP contribution >= 0.6 is 0 Å². The molecule has 1 nitrogen and oxygen atoms in total. The van der Waals surface area contributed by atoms with Gasteiger partial charge in [0, 0.05) is 0 Å². The molecule has 0 saturated heterocycles. The lowest BCUT2D eigenvalue weighted by Gasteiger charge is -2.35. The van der Waals surface area contributed by atoms with Gasteiger partial charge < -0.3 is 5.11 Å². The summed E-state index contributed by atoms with van der Waals surface area (Å²) < 4.78 is 0. The maximum Gasteiger partial charge on any atom is 0.0577 e. The van der Waals surface area contributed by atoms with Gasteiger partial charge in [0.25, 0.3) is 0 Å². The van der Waals surface area contributed by atoms with Crippen LogP contribution < -0.4 is 0 Å². The summed E-state index contributed by atoms with van der Waals surface area (Å²) in [6.45, 7) is 4.70. The Morgan fingerprint density at radius 3 is 2.65 bits per heavy atom. The molecular formula is C25H42O. The average molecular weight is 359 g/mol. The summed E-state index contributed by atoms with van der Waals surface area (Å²) in [7, 11) is 0. The van der Waals surface area contributed by atoms with E-state index >= 15 is 0 Å². The number of aliphatic hydroxyl groups is 1. The van der Waals surface area contributed by atoms with Gasteiger partial charge in [-0.25, -0.2) is 0 Å². The molecule has 0 aromatic rings. The summed E-state index contributed by atoms with van der Waals surface area (Å²) in [4.78, 5) is 0. The van der Waals surface area contributed by atoms with E-state index in [1.165, 1.54) is 89.0 Å². The largest absolute Gasteiger partial charge is 0.393 e. The van der Waals surface area contributed by atoms with Crippen LogP contribution in [0.25, 0.3) is 0 Å². The zero-order valence-electron chi connectivity index (χ0n) is 17.4. The molecule has 0 unspecified atom stereocenters. The molecule has 3 atom stereocenters. The standard InChI is InChI=1S/C25H42O/c1-20(2)7-3-4-8-23-14-16-25(19-23)15-6-10-22(18-25)13-12-21-9-5-11-24(26)17-21/h12-13,20,23-24,26H,3-11,14-19H2,1-2H3/b21-12-,22-13+/t23-,24-,25-/m0/s1. The second-order valence-electron chi connectivity index (χ2n) is 10.2. The first-order chi connectivity index (χ1) is 12.5. The van der Waals surface area contributed by atoms with Crippen LogP contribution in [-0.4, -0.2) is 11.2 Å². The predicted octanol–water partition coefficient (Wildman–Crippen LogP) is 7.35. The molecule has 0 aromatic carbocycles. The van der Waals surface area contributed by atoms with Crippen molar-refractivity contribution in [2.75, 3.05) is 0 Å². The topological polar surface area (TPSA) is 20.2 Å². The summed E-state index contributed by atoms with van der Waals surface area (Å²) in [5, 5.41) is 9.87. The number of hydrogen-bond donors (Lipinski definition) is 1. The summed E-state index contributed by atoms with van der Waals surface area (Å²) in [6.07, 6.45) is 24.8. The third-order valence-electron chi connectivity index (χ3n) is 7.34. The van der Waals surface area contributed by atoms with E-state index < -0.39 is 0 Å². The van der Waals surface area contributed by atoms with Crippen molar-refractivity contribution in [1.82, 2.24) is 0 Å². The minimum Gasteiger partial charge on any atom is -0.393 e. The molecular weight excluding hydrogens is 316 g/mol. The molecule has 1 N–H and O–H groups in total. The molecule has 3 saturated carbocycles. The Morgan fingerprint density at radius 2 is 1.85 bits per heavy atom. The molecule has 148 valence electrons. The first-order valence-corrected chi connectivity index (χ1v) is 11.6. The van der Waals surface area contributed by atoms with Gasteiger partial charge in [-0.2, -0.15) is 0 Å². The fraction of sp³-hybridized carbons (Fsp3) is 0.840. The highest BCUT2D eigenvalue weighted by Crippen LogP contribution is 2.53. The Bertz CT molecular complexity index is 500. The fourth-order valence-corrected chi connectivity index (χ4v) is 5.90. The molecule has 1 spiro atoms. The second-order valence-corrected chi connectivity index (χ2v) is 10.2. The Morgan fingerprint density at radius 1 is 1.04 bits per heavy atom. The van der Waals surface area contributed by atoms with E-state index in [0.717, 1.165) is 24.7 Å². The summed E-state index contributed by atoms with van der Waals surface area (Å²) in [5.41, 5.74) is 3.83. The van der Waals surface area contributed by atoms with E-state index in [0.29, 0.717) is 5.41 Å². The molecule has 0 aliphatic heterocycles. The summed E-state index contributed by atoms with van der Waals surface area (Å²) in [5.74, 6) is 1.88. The van der Waals surface area contributed by atoms with Gasteiger partial charge in [0.1, 0.15) is 0 Å². The van der Waals surface area contributed by atoms with Crippen LogP contribution in [0.3, 0.4) is 0 Å². The maximum atomic E-state index is 9.87. The second kappa shape index (κ2) is 9.58. The molecule has 26 heavy (non-hydrogen) atoms. The first kappa shape index (κ1) is 20.2. The van der Waals surface area contributed by atoms with Gasteiger partial charge in [-0.05, 0) is 87.9 Å². The van der Waals surface area contributed by atoms with Crippen LogP contribution in [0.4, 0.5) is 0 Å². The highest BCUT2D eigenvalue weighted by Gasteiger charge is 2.40. The number of unbranched alkanes of at least 4 members (excludes halogenated alkanes) is 1. The summed E-state index contributed by atoms with van der Waals surface area (Å²) in [6, 6.07) is 0. The lowest BCUT2D eigenvalue weighted by atomic mass is 9.70. The van der Waals surface area contributed by atoms with Gasteiger partial charge >= 0.3 is 0 Å². The minimum absolute atomic E-state index is 0.0858. The molecule has 3 aliphatic carbocycles. The Kier molecular flexibility index (Phi) is 7.44. The van der Waals surface area contributed by atoms with Gasteiger partial charge in [0.05, 0.1) is 6.10 Å². The van der Waals surface area contributed by atoms with Crippen molar-refractivity contribution >= 4 is 0 Å². The maximum absolute atomic E-state index is 9.87. The monoisotopic (exact) mass is 358 g/mol. The van der Waals surface area contributed by atoms with Crippen molar-refractivity contribution in [3.63, 3.8) is 0 Å². The Balaban J connectivity index is 1.48. The van der Waals surface area contributed by atoms with Crippen molar-refractivity contribution < 1.29 is 5.11 Å². The van der Waals surface area contributed by atoms with Gasteiger partial charge in [-0.1, -0.05) is 62.8 Å². The number of aliphatic hydroxyl groups excluding tert-OH is 1. The zero-order chi connectivity index (χ0) is 18.4. The highest BCUT2D eigenvalue weighted by atomic mass is 16.3. The van der Waals surface area contributed by atoms with E-state index in [1.54, 1.807) is 5.57 Å². The molecule has 0 aromatic heterocycles. The van der Waals surface area contributed by atoms with Crippen molar-refractivity contribution in [3.8, 4) is 0 Å². The average Bonchev–Trinajstić information content (AvgIpc) is 2.99. The van der Waals surface area contributed by atoms with E-state index in [1.807, 2.05) is 0 Å². The lowest BCUT2D eigenvalue weighted by Crippen LogP contribution is -2.22.